The van der Waals surface area contributed by atoms with E-state index in [9.17, 15) is 9.18 Å². The van der Waals surface area contributed by atoms with Crippen LogP contribution in [0.3, 0.4) is 0 Å². The molecule has 8 heteroatoms. The number of carbonyl (C=O) groups excluding carboxylic acids is 1. The van der Waals surface area contributed by atoms with Crippen molar-refractivity contribution in [2.75, 3.05) is 38.2 Å². The molecule has 1 saturated heterocycles. The molecular formula is C21H23FN4O2S. The summed E-state index contributed by atoms with van der Waals surface area (Å²) >= 11 is 1.71. The molecule has 0 aliphatic carbocycles. The van der Waals surface area contributed by atoms with Crippen LogP contribution in [-0.4, -0.2) is 54.1 Å². The topological polar surface area (TPSA) is 58.6 Å². The van der Waals surface area contributed by atoms with Gasteiger partial charge in [-0.3, -0.25) is 4.90 Å². The Hall–Kier alpha value is -2.58. The van der Waals surface area contributed by atoms with Gasteiger partial charge in [0.15, 0.2) is 0 Å². The van der Waals surface area contributed by atoms with Gasteiger partial charge in [-0.1, -0.05) is 19.1 Å². The number of aryl methyl sites for hydroxylation is 1. The summed E-state index contributed by atoms with van der Waals surface area (Å²) in [5.41, 5.74) is 0.738. The number of aromatic nitrogens is 2. The van der Waals surface area contributed by atoms with Crippen molar-refractivity contribution in [2.24, 2.45) is 0 Å². The van der Waals surface area contributed by atoms with Crippen molar-refractivity contribution in [2.45, 2.75) is 19.4 Å². The molecule has 1 aromatic carbocycles. The molecule has 6 nitrogen and oxygen atoms in total. The number of hydrogen-bond acceptors (Lipinski definition) is 7. The van der Waals surface area contributed by atoms with Crippen LogP contribution in [0.15, 0.2) is 36.7 Å². The molecule has 1 aliphatic heterocycles. The molecule has 0 spiro atoms. The van der Waals surface area contributed by atoms with Gasteiger partial charge >= 0.3 is 5.97 Å². The lowest BCUT2D eigenvalue weighted by Crippen LogP contribution is -2.49. The molecule has 1 unspecified atom stereocenters. The van der Waals surface area contributed by atoms with Gasteiger partial charge in [0.05, 0.1) is 12.5 Å². The fourth-order valence-corrected chi connectivity index (χ4v) is 4.69. The van der Waals surface area contributed by atoms with E-state index in [2.05, 4.69) is 32.8 Å². The number of carbonyl (C=O) groups is 1. The Morgan fingerprint density at radius 2 is 1.93 bits per heavy atom. The van der Waals surface area contributed by atoms with Crippen LogP contribution in [0.2, 0.25) is 0 Å². The number of halogens is 1. The average molecular weight is 415 g/mol. The predicted molar refractivity (Wildman–Crippen MR) is 112 cm³/mol. The van der Waals surface area contributed by atoms with Crippen molar-refractivity contribution in [1.29, 1.82) is 0 Å². The Kier molecular flexibility index (Phi) is 5.73. The Morgan fingerprint density at radius 3 is 2.59 bits per heavy atom. The van der Waals surface area contributed by atoms with E-state index in [0.29, 0.717) is 13.1 Å². The molecule has 152 valence electrons. The normalized spacial score (nSPS) is 16.2. The maximum Gasteiger partial charge on any atom is 0.327 e. The van der Waals surface area contributed by atoms with Gasteiger partial charge in [0, 0.05) is 31.1 Å². The first-order chi connectivity index (χ1) is 14.1. The molecule has 0 saturated carbocycles. The number of piperazine rings is 1. The van der Waals surface area contributed by atoms with E-state index in [1.165, 1.54) is 24.1 Å². The monoisotopic (exact) mass is 414 g/mol. The highest BCUT2D eigenvalue weighted by atomic mass is 32.1. The molecule has 0 bridgehead atoms. The van der Waals surface area contributed by atoms with Gasteiger partial charge in [0.25, 0.3) is 0 Å². The van der Waals surface area contributed by atoms with Gasteiger partial charge in [-0.2, -0.15) is 0 Å². The summed E-state index contributed by atoms with van der Waals surface area (Å²) in [5, 5.41) is 1.09. The Bertz CT molecular complexity index is 1000. The Balaban J connectivity index is 1.54. The second-order valence-corrected chi connectivity index (χ2v) is 8.10. The third-order valence-electron chi connectivity index (χ3n) is 5.30. The number of thiophene rings is 1. The zero-order chi connectivity index (χ0) is 20.4. The molecule has 0 N–H and O–H groups in total. The van der Waals surface area contributed by atoms with Gasteiger partial charge in [-0.25, -0.2) is 19.2 Å². The SMILES string of the molecule is CCc1cc2c(N3CCN(C(C(=O)OC)c4ccc(F)cc4)CC3)ncnc2s1. The van der Waals surface area contributed by atoms with Crippen LogP contribution in [0.1, 0.15) is 23.4 Å². The quantitative estimate of drug-likeness (QED) is 0.596. The van der Waals surface area contributed by atoms with E-state index in [4.69, 9.17) is 4.74 Å². The number of rotatable bonds is 5. The van der Waals surface area contributed by atoms with Crippen molar-refractivity contribution >= 4 is 33.3 Å². The van der Waals surface area contributed by atoms with E-state index < -0.39 is 6.04 Å². The van der Waals surface area contributed by atoms with Crippen LogP contribution >= 0.6 is 11.3 Å². The number of ether oxygens (including phenoxy) is 1. The van der Waals surface area contributed by atoms with Crippen molar-refractivity contribution in [3.63, 3.8) is 0 Å². The number of anilines is 1. The van der Waals surface area contributed by atoms with Crippen LogP contribution < -0.4 is 4.90 Å². The minimum atomic E-state index is -0.541. The van der Waals surface area contributed by atoms with Crippen molar-refractivity contribution in [1.82, 2.24) is 14.9 Å². The van der Waals surface area contributed by atoms with Gasteiger partial charge in [-0.05, 0) is 30.2 Å². The lowest BCUT2D eigenvalue weighted by Gasteiger charge is -2.38. The van der Waals surface area contributed by atoms with E-state index in [1.54, 1.807) is 29.8 Å². The molecule has 0 radical (unpaired) electrons. The Morgan fingerprint density at radius 1 is 1.21 bits per heavy atom. The minimum Gasteiger partial charge on any atom is -0.468 e. The summed E-state index contributed by atoms with van der Waals surface area (Å²) in [6.07, 6.45) is 2.60. The molecule has 1 fully saturated rings. The van der Waals surface area contributed by atoms with Crippen molar-refractivity contribution < 1.29 is 13.9 Å². The fourth-order valence-electron chi connectivity index (χ4n) is 3.76. The molecule has 3 heterocycles. The van der Waals surface area contributed by atoms with E-state index >= 15 is 0 Å². The van der Waals surface area contributed by atoms with Crippen LogP contribution in [0, 0.1) is 5.82 Å². The molecule has 29 heavy (non-hydrogen) atoms. The van der Waals surface area contributed by atoms with Crippen LogP contribution in [0.25, 0.3) is 10.2 Å². The van der Waals surface area contributed by atoms with Gasteiger partial charge in [-0.15, -0.1) is 11.3 Å². The summed E-state index contributed by atoms with van der Waals surface area (Å²) in [6, 6.07) is 7.68. The molecule has 4 rings (SSSR count). The molecule has 1 aliphatic rings. The highest BCUT2D eigenvalue weighted by molar-refractivity contribution is 7.18. The average Bonchev–Trinajstić information content (AvgIpc) is 3.19. The smallest absolute Gasteiger partial charge is 0.327 e. The number of hydrogen-bond donors (Lipinski definition) is 0. The van der Waals surface area contributed by atoms with Crippen molar-refractivity contribution in [3.05, 3.63) is 52.9 Å². The third-order valence-corrected chi connectivity index (χ3v) is 6.48. The number of fused-ring (bicyclic) bond motifs is 1. The highest BCUT2D eigenvalue weighted by Crippen LogP contribution is 2.32. The summed E-state index contributed by atoms with van der Waals surface area (Å²) in [4.78, 5) is 28.0. The second kappa shape index (κ2) is 8.42. The first kappa shape index (κ1) is 19.7. The molecule has 3 aromatic rings. The van der Waals surface area contributed by atoms with Gasteiger partial charge in [0.1, 0.15) is 28.8 Å². The standard InChI is InChI=1S/C21H23FN4O2S/c1-3-16-12-17-19(23-13-24-20(17)29-16)26-10-8-25(9-11-26)18(21(27)28-2)14-4-6-15(22)7-5-14/h4-7,12-13,18H,3,8-11H2,1-2H3. The maximum absolute atomic E-state index is 13.3. The number of methoxy groups -OCH3 is 1. The minimum absolute atomic E-state index is 0.322. The zero-order valence-electron chi connectivity index (χ0n) is 16.5. The Labute approximate surface area is 172 Å². The van der Waals surface area contributed by atoms with Gasteiger partial charge < -0.3 is 9.64 Å². The van der Waals surface area contributed by atoms with Crippen LogP contribution in [-0.2, 0) is 16.0 Å². The lowest BCUT2D eigenvalue weighted by atomic mass is 10.0. The second-order valence-electron chi connectivity index (χ2n) is 6.98. The predicted octanol–water partition coefficient (Wildman–Crippen LogP) is 3.43. The molecular weight excluding hydrogens is 391 g/mol. The summed E-state index contributed by atoms with van der Waals surface area (Å²) < 4.78 is 18.3. The number of esters is 1. The number of nitrogens with zero attached hydrogens (tertiary/aromatic N) is 4. The van der Waals surface area contributed by atoms with Gasteiger partial charge in [0.2, 0.25) is 0 Å². The number of benzene rings is 1. The van der Waals surface area contributed by atoms with Crippen LogP contribution in [0.4, 0.5) is 10.2 Å². The first-order valence-electron chi connectivity index (χ1n) is 9.66. The maximum atomic E-state index is 13.3. The summed E-state index contributed by atoms with van der Waals surface area (Å²) in [5.74, 6) is 0.291. The summed E-state index contributed by atoms with van der Waals surface area (Å²) in [6.45, 7) is 4.95. The zero-order valence-corrected chi connectivity index (χ0v) is 17.3. The highest BCUT2D eigenvalue weighted by Gasteiger charge is 2.32. The fraction of sp³-hybridized carbons (Fsp3) is 0.381. The van der Waals surface area contributed by atoms with E-state index in [1.807, 2.05) is 0 Å². The molecule has 1 atom stereocenters. The summed E-state index contributed by atoms with van der Waals surface area (Å²) in [7, 11) is 1.38. The largest absolute Gasteiger partial charge is 0.468 e. The van der Waals surface area contributed by atoms with Crippen molar-refractivity contribution in [3.8, 4) is 0 Å². The lowest BCUT2D eigenvalue weighted by molar-refractivity contribution is -0.147. The first-order valence-corrected chi connectivity index (χ1v) is 10.5. The van der Waals surface area contributed by atoms with E-state index in [-0.39, 0.29) is 11.8 Å². The van der Waals surface area contributed by atoms with E-state index in [0.717, 1.165) is 41.1 Å². The third kappa shape index (κ3) is 3.95. The molecule has 0 amide bonds. The molecule has 2 aromatic heterocycles. The van der Waals surface area contributed by atoms with Crippen LogP contribution in [0.5, 0.6) is 0 Å².